The second-order valence-electron chi connectivity index (χ2n) is 5.09. The number of ether oxygens (including phenoxy) is 2. The standard InChI is InChI=1S/C16H14BrNO5S/c1-22-16(19)15-10-18(13-4-2-3-5-14(13)23-15)24(20,21)12-8-6-11(17)7-9-12/h2-9,15H,10H2,1H3. The summed E-state index contributed by atoms with van der Waals surface area (Å²) < 4.78 is 38.3. The number of hydrogen-bond donors (Lipinski definition) is 0. The van der Waals surface area contributed by atoms with Crippen LogP contribution in [0.15, 0.2) is 57.9 Å². The zero-order chi connectivity index (χ0) is 17.3. The van der Waals surface area contributed by atoms with E-state index in [1.807, 2.05) is 0 Å². The molecule has 2 aromatic carbocycles. The van der Waals surface area contributed by atoms with Gasteiger partial charge in [0.25, 0.3) is 10.0 Å². The molecule has 0 aliphatic carbocycles. The number of halogens is 1. The molecule has 0 radical (unpaired) electrons. The number of benzene rings is 2. The van der Waals surface area contributed by atoms with Crippen LogP contribution in [0.5, 0.6) is 5.75 Å². The Morgan fingerprint density at radius 3 is 2.54 bits per heavy atom. The van der Waals surface area contributed by atoms with Gasteiger partial charge < -0.3 is 9.47 Å². The van der Waals surface area contributed by atoms with Gasteiger partial charge in [-0.25, -0.2) is 13.2 Å². The van der Waals surface area contributed by atoms with Crippen molar-refractivity contribution in [3.63, 3.8) is 0 Å². The maximum Gasteiger partial charge on any atom is 0.348 e. The molecule has 0 spiro atoms. The lowest BCUT2D eigenvalue weighted by molar-refractivity contribution is -0.148. The highest BCUT2D eigenvalue weighted by molar-refractivity contribution is 9.10. The van der Waals surface area contributed by atoms with Crippen LogP contribution in [0.1, 0.15) is 0 Å². The van der Waals surface area contributed by atoms with Crippen molar-refractivity contribution in [2.75, 3.05) is 18.0 Å². The molecule has 1 aliphatic heterocycles. The van der Waals surface area contributed by atoms with Crippen molar-refractivity contribution >= 4 is 37.6 Å². The van der Waals surface area contributed by atoms with E-state index in [1.165, 1.54) is 23.5 Å². The highest BCUT2D eigenvalue weighted by Crippen LogP contribution is 2.37. The molecule has 24 heavy (non-hydrogen) atoms. The van der Waals surface area contributed by atoms with Gasteiger partial charge in [0.05, 0.1) is 24.2 Å². The van der Waals surface area contributed by atoms with E-state index in [2.05, 4.69) is 15.9 Å². The molecule has 1 heterocycles. The van der Waals surface area contributed by atoms with Crippen LogP contribution in [-0.4, -0.2) is 34.1 Å². The molecular weight excluding hydrogens is 398 g/mol. The Balaban J connectivity index is 2.07. The number of methoxy groups -OCH3 is 1. The minimum absolute atomic E-state index is 0.131. The highest BCUT2D eigenvalue weighted by atomic mass is 79.9. The number of rotatable bonds is 3. The Bertz CT molecular complexity index is 866. The number of para-hydroxylation sites is 2. The van der Waals surface area contributed by atoms with E-state index in [4.69, 9.17) is 9.47 Å². The summed E-state index contributed by atoms with van der Waals surface area (Å²) in [6.45, 7) is -0.151. The number of carbonyl (C=O) groups is 1. The minimum atomic E-state index is -3.84. The van der Waals surface area contributed by atoms with E-state index in [0.717, 1.165) is 4.47 Å². The minimum Gasteiger partial charge on any atom is -0.475 e. The van der Waals surface area contributed by atoms with Gasteiger partial charge >= 0.3 is 5.97 Å². The van der Waals surface area contributed by atoms with Crippen LogP contribution in [0.25, 0.3) is 0 Å². The van der Waals surface area contributed by atoms with Gasteiger partial charge in [-0.15, -0.1) is 0 Å². The van der Waals surface area contributed by atoms with Crippen LogP contribution in [0.4, 0.5) is 5.69 Å². The number of esters is 1. The summed E-state index contributed by atoms with van der Waals surface area (Å²) in [4.78, 5) is 12.0. The van der Waals surface area contributed by atoms with E-state index in [9.17, 15) is 13.2 Å². The van der Waals surface area contributed by atoms with E-state index >= 15 is 0 Å². The smallest absolute Gasteiger partial charge is 0.348 e. The zero-order valence-corrected chi connectivity index (χ0v) is 15.1. The number of sulfonamides is 1. The first kappa shape index (κ1) is 16.8. The van der Waals surface area contributed by atoms with E-state index in [0.29, 0.717) is 11.4 Å². The van der Waals surface area contributed by atoms with E-state index < -0.39 is 22.1 Å². The lowest BCUT2D eigenvalue weighted by Crippen LogP contribution is -2.47. The molecule has 0 fully saturated rings. The van der Waals surface area contributed by atoms with Gasteiger partial charge in [0, 0.05) is 4.47 Å². The molecule has 3 rings (SSSR count). The van der Waals surface area contributed by atoms with Gasteiger partial charge in [0.1, 0.15) is 5.75 Å². The predicted molar refractivity (Wildman–Crippen MR) is 91.5 cm³/mol. The molecule has 8 heteroatoms. The topological polar surface area (TPSA) is 72.9 Å². The summed E-state index contributed by atoms with van der Waals surface area (Å²) in [5.41, 5.74) is 0.389. The first-order valence-electron chi connectivity index (χ1n) is 7.05. The number of nitrogens with zero attached hydrogens (tertiary/aromatic N) is 1. The maximum absolute atomic E-state index is 13.0. The summed E-state index contributed by atoms with van der Waals surface area (Å²) >= 11 is 3.28. The van der Waals surface area contributed by atoms with Gasteiger partial charge in [0.15, 0.2) is 0 Å². The number of hydrogen-bond acceptors (Lipinski definition) is 5. The lowest BCUT2D eigenvalue weighted by atomic mass is 10.2. The van der Waals surface area contributed by atoms with Gasteiger partial charge in [-0.2, -0.15) is 0 Å². The molecular formula is C16H14BrNO5S. The Kier molecular flexibility index (Phi) is 4.51. The molecule has 126 valence electrons. The van der Waals surface area contributed by atoms with Crippen LogP contribution in [-0.2, 0) is 19.6 Å². The van der Waals surface area contributed by atoms with Crippen LogP contribution < -0.4 is 9.04 Å². The molecule has 0 amide bonds. The molecule has 2 aromatic rings. The van der Waals surface area contributed by atoms with Gasteiger partial charge in [-0.1, -0.05) is 28.1 Å². The number of fused-ring (bicyclic) bond motifs is 1. The number of anilines is 1. The Morgan fingerprint density at radius 1 is 1.21 bits per heavy atom. The monoisotopic (exact) mass is 411 g/mol. The van der Waals surface area contributed by atoms with Crippen LogP contribution in [0.3, 0.4) is 0 Å². The van der Waals surface area contributed by atoms with Crippen LogP contribution in [0.2, 0.25) is 0 Å². The van der Waals surface area contributed by atoms with Crippen molar-refractivity contribution < 1.29 is 22.7 Å². The van der Waals surface area contributed by atoms with Crippen molar-refractivity contribution in [2.45, 2.75) is 11.0 Å². The largest absolute Gasteiger partial charge is 0.475 e. The second-order valence-corrected chi connectivity index (χ2v) is 7.87. The molecule has 0 saturated heterocycles. The Hall–Kier alpha value is -2.06. The second kappa shape index (κ2) is 6.45. The van der Waals surface area contributed by atoms with Crippen molar-refractivity contribution in [3.8, 4) is 5.75 Å². The number of carbonyl (C=O) groups excluding carboxylic acids is 1. The fraction of sp³-hybridized carbons (Fsp3) is 0.188. The van der Waals surface area contributed by atoms with Crippen LogP contribution in [0, 0.1) is 0 Å². The SMILES string of the molecule is COC(=O)C1CN(S(=O)(=O)c2ccc(Br)cc2)c2ccccc2O1. The third-order valence-corrected chi connectivity index (χ3v) is 5.92. The molecule has 6 nitrogen and oxygen atoms in total. The quantitative estimate of drug-likeness (QED) is 0.725. The van der Waals surface area contributed by atoms with Crippen molar-refractivity contribution in [1.82, 2.24) is 0 Å². The molecule has 1 aliphatic rings. The summed E-state index contributed by atoms with van der Waals surface area (Å²) in [7, 11) is -2.61. The molecule has 1 atom stereocenters. The van der Waals surface area contributed by atoms with Gasteiger partial charge in [-0.05, 0) is 36.4 Å². The average molecular weight is 412 g/mol. The molecule has 1 unspecified atom stereocenters. The zero-order valence-electron chi connectivity index (χ0n) is 12.7. The first-order valence-corrected chi connectivity index (χ1v) is 9.28. The molecule has 0 saturated carbocycles. The average Bonchev–Trinajstić information content (AvgIpc) is 2.60. The van der Waals surface area contributed by atoms with E-state index in [1.54, 1.807) is 36.4 Å². The predicted octanol–water partition coefficient (Wildman–Crippen LogP) is 2.58. The normalized spacial score (nSPS) is 16.9. The van der Waals surface area contributed by atoms with E-state index in [-0.39, 0.29) is 11.4 Å². The van der Waals surface area contributed by atoms with Crippen molar-refractivity contribution in [3.05, 3.63) is 53.0 Å². The van der Waals surface area contributed by atoms with Crippen molar-refractivity contribution in [2.24, 2.45) is 0 Å². The lowest BCUT2D eigenvalue weighted by Gasteiger charge is -2.34. The third-order valence-electron chi connectivity index (χ3n) is 3.60. The van der Waals surface area contributed by atoms with Gasteiger partial charge in [-0.3, -0.25) is 4.31 Å². The molecule has 0 bridgehead atoms. The summed E-state index contributed by atoms with van der Waals surface area (Å²) in [6.07, 6.45) is -1.02. The Labute approximate surface area is 148 Å². The van der Waals surface area contributed by atoms with Gasteiger partial charge in [0.2, 0.25) is 6.10 Å². The fourth-order valence-electron chi connectivity index (χ4n) is 2.42. The maximum atomic E-state index is 13.0. The summed E-state index contributed by atoms with van der Waals surface area (Å²) in [5, 5.41) is 0. The molecule has 0 N–H and O–H groups in total. The van der Waals surface area contributed by atoms with Crippen molar-refractivity contribution in [1.29, 1.82) is 0 Å². The summed E-state index contributed by atoms with van der Waals surface area (Å²) in [6, 6.07) is 13.0. The van der Waals surface area contributed by atoms with Crippen LogP contribution >= 0.6 is 15.9 Å². The first-order chi connectivity index (χ1) is 11.4. The highest BCUT2D eigenvalue weighted by Gasteiger charge is 2.37. The Morgan fingerprint density at radius 2 is 1.88 bits per heavy atom. The fourth-order valence-corrected chi connectivity index (χ4v) is 4.16. The molecule has 0 aromatic heterocycles. The summed E-state index contributed by atoms with van der Waals surface area (Å²) in [5.74, 6) is -0.305. The third kappa shape index (κ3) is 2.99.